The molecule has 29 heavy (non-hydrogen) atoms. The molecule has 0 radical (unpaired) electrons. The van der Waals surface area contributed by atoms with Crippen LogP contribution in [0.2, 0.25) is 0 Å². The van der Waals surface area contributed by atoms with E-state index in [1.165, 1.54) is 6.07 Å². The summed E-state index contributed by atoms with van der Waals surface area (Å²) in [6.45, 7) is 7.97. The number of furan rings is 1. The van der Waals surface area contributed by atoms with Crippen molar-refractivity contribution in [2.75, 3.05) is 39.9 Å². The average molecular weight is 403 g/mol. The highest BCUT2D eigenvalue weighted by Crippen LogP contribution is 2.34. The van der Waals surface area contributed by atoms with E-state index < -0.39 is 0 Å². The van der Waals surface area contributed by atoms with E-state index in [2.05, 4.69) is 18.7 Å². The molecular weight excluding hydrogens is 371 g/mol. The summed E-state index contributed by atoms with van der Waals surface area (Å²) in [5.41, 5.74) is 0.987. The first-order valence-electron chi connectivity index (χ1n) is 10.2. The number of benzene rings is 1. The van der Waals surface area contributed by atoms with Crippen LogP contribution >= 0.6 is 0 Å². The normalized spacial score (nSPS) is 19.8. The molecule has 0 spiro atoms. The van der Waals surface area contributed by atoms with Gasteiger partial charge in [0.1, 0.15) is 18.2 Å². The minimum Gasteiger partial charge on any atom is -0.468 e. The van der Waals surface area contributed by atoms with E-state index in [0.29, 0.717) is 25.6 Å². The number of amides is 1. The van der Waals surface area contributed by atoms with E-state index in [1.807, 2.05) is 23.1 Å². The van der Waals surface area contributed by atoms with Crippen LogP contribution in [0.4, 0.5) is 4.39 Å². The molecule has 1 aliphatic heterocycles. The van der Waals surface area contributed by atoms with Gasteiger partial charge >= 0.3 is 0 Å². The van der Waals surface area contributed by atoms with Crippen LogP contribution in [-0.4, -0.2) is 55.6 Å². The van der Waals surface area contributed by atoms with Crippen molar-refractivity contribution in [1.29, 1.82) is 0 Å². The zero-order chi connectivity index (χ0) is 20.8. The highest BCUT2D eigenvalue weighted by atomic mass is 19.1. The van der Waals surface area contributed by atoms with Crippen molar-refractivity contribution in [3.8, 4) is 0 Å². The van der Waals surface area contributed by atoms with Crippen molar-refractivity contribution in [1.82, 2.24) is 9.80 Å². The molecule has 0 saturated carbocycles. The van der Waals surface area contributed by atoms with Crippen LogP contribution in [0.5, 0.6) is 0 Å². The summed E-state index contributed by atoms with van der Waals surface area (Å²) in [5, 5.41) is 0. The molecule has 1 aromatic heterocycles. The molecule has 1 amide bonds. The number of rotatable bonds is 9. The largest absolute Gasteiger partial charge is 0.468 e. The number of carbonyl (C=O) groups is 1. The third-order valence-electron chi connectivity index (χ3n) is 5.41. The minimum atomic E-state index is -0.222. The van der Waals surface area contributed by atoms with Gasteiger partial charge in [0.15, 0.2) is 0 Å². The lowest BCUT2D eigenvalue weighted by Gasteiger charge is -2.29. The summed E-state index contributed by atoms with van der Waals surface area (Å²) in [6.07, 6.45) is 1.68. The van der Waals surface area contributed by atoms with Gasteiger partial charge in [-0.05, 0) is 41.7 Å². The summed E-state index contributed by atoms with van der Waals surface area (Å²) in [7, 11) is 1.54. The van der Waals surface area contributed by atoms with Gasteiger partial charge in [-0.25, -0.2) is 4.39 Å². The second-order valence-electron chi connectivity index (χ2n) is 8.32. The van der Waals surface area contributed by atoms with Crippen molar-refractivity contribution in [2.24, 2.45) is 11.8 Å². The predicted octanol–water partition coefficient (Wildman–Crippen LogP) is 3.77. The van der Waals surface area contributed by atoms with Crippen LogP contribution in [0, 0.1) is 17.7 Å². The Bertz CT molecular complexity index is 778. The van der Waals surface area contributed by atoms with Crippen LogP contribution in [0.15, 0.2) is 47.1 Å². The lowest BCUT2D eigenvalue weighted by atomic mass is 9.88. The van der Waals surface area contributed by atoms with E-state index in [-0.39, 0.29) is 30.2 Å². The average Bonchev–Trinajstić information content (AvgIpc) is 3.31. The van der Waals surface area contributed by atoms with Crippen molar-refractivity contribution < 1.29 is 18.3 Å². The Balaban J connectivity index is 1.79. The third kappa shape index (κ3) is 5.90. The quantitative estimate of drug-likeness (QED) is 0.641. The maximum atomic E-state index is 13.9. The second-order valence-corrected chi connectivity index (χ2v) is 8.32. The number of halogens is 1. The molecule has 1 aromatic carbocycles. The highest BCUT2D eigenvalue weighted by Gasteiger charge is 2.36. The number of hydrogen-bond donors (Lipinski definition) is 0. The summed E-state index contributed by atoms with van der Waals surface area (Å²) in [4.78, 5) is 16.8. The molecule has 0 aliphatic carbocycles. The van der Waals surface area contributed by atoms with Gasteiger partial charge in [0.05, 0.1) is 12.8 Å². The fraction of sp³-hybridized carbons (Fsp3) is 0.522. The lowest BCUT2D eigenvalue weighted by Crippen LogP contribution is -2.41. The van der Waals surface area contributed by atoms with Gasteiger partial charge in [-0.2, -0.15) is 0 Å². The summed E-state index contributed by atoms with van der Waals surface area (Å²) in [6, 6.07) is 10.7. The Hall–Kier alpha value is -2.18. The molecule has 1 fully saturated rings. The van der Waals surface area contributed by atoms with Crippen molar-refractivity contribution >= 4 is 5.91 Å². The van der Waals surface area contributed by atoms with E-state index in [1.54, 1.807) is 25.5 Å². The van der Waals surface area contributed by atoms with Crippen molar-refractivity contribution in [3.63, 3.8) is 0 Å². The van der Waals surface area contributed by atoms with E-state index in [9.17, 15) is 9.18 Å². The molecule has 3 rings (SSSR count). The summed E-state index contributed by atoms with van der Waals surface area (Å²) in [5.74, 6) is 1.43. The molecule has 2 aromatic rings. The van der Waals surface area contributed by atoms with E-state index >= 15 is 0 Å². The van der Waals surface area contributed by atoms with Gasteiger partial charge in [-0.3, -0.25) is 9.69 Å². The van der Waals surface area contributed by atoms with Crippen LogP contribution in [0.25, 0.3) is 0 Å². The number of nitrogens with zero attached hydrogens (tertiary/aromatic N) is 2. The van der Waals surface area contributed by atoms with Crippen molar-refractivity contribution in [3.05, 3.63) is 59.8 Å². The number of ether oxygens (including phenoxy) is 1. The monoisotopic (exact) mass is 402 g/mol. The summed E-state index contributed by atoms with van der Waals surface area (Å²) < 4.78 is 24.5. The Morgan fingerprint density at radius 1 is 1.31 bits per heavy atom. The summed E-state index contributed by atoms with van der Waals surface area (Å²) >= 11 is 0. The molecule has 6 heteroatoms. The van der Waals surface area contributed by atoms with Crippen LogP contribution < -0.4 is 0 Å². The Kier molecular flexibility index (Phi) is 7.45. The maximum Gasteiger partial charge on any atom is 0.248 e. The smallest absolute Gasteiger partial charge is 0.248 e. The number of hydrogen-bond acceptors (Lipinski definition) is 4. The zero-order valence-electron chi connectivity index (χ0n) is 17.5. The van der Waals surface area contributed by atoms with Crippen molar-refractivity contribution in [2.45, 2.75) is 26.3 Å². The Morgan fingerprint density at radius 3 is 2.79 bits per heavy atom. The molecule has 158 valence electrons. The topological polar surface area (TPSA) is 45.9 Å². The molecular formula is C23H31FN2O3. The zero-order valence-corrected chi connectivity index (χ0v) is 17.5. The minimum absolute atomic E-state index is 0.00340. The number of methoxy groups -OCH3 is 1. The second kappa shape index (κ2) is 10.0. The van der Waals surface area contributed by atoms with Gasteiger partial charge in [-0.15, -0.1) is 0 Å². The fourth-order valence-corrected chi connectivity index (χ4v) is 4.23. The van der Waals surface area contributed by atoms with Crippen LogP contribution in [-0.2, 0) is 16.1 Å². The standard InChI is InChI=1S/C23H31FN2O3/c1-17(2)11-26(23(27)16-28-3)13-19-12-25(14-21-8-5-9-29-21)15-22(19)18-6-4-7-20(24)10-18/h4-10,17,19,22H,11-16H2,1-3H3. The molecule has 5 nitrogen and oxygen atoms in total. The number of carbonyl (C=O) groups excluding carboxylic acids is 1. The van der Waals surface area contributed by atoms with Gasteiger partial charge in [0.25, 0.3) is 0 Å². The van der Waals surface area contributed by atoms with Crippen LogP contribution in [0.1, 0.15) is 31.1 Å². The van der Waals surface area contributed by atoms with Gasteiger partial charge in [-0.1, -0.05) is 26.0 Å². The SMILES string of the molecule is COCC(=O)N(CC(C)C)CC1CN(Cc2ccco2)CC1c1cccc(F)c1. The molecule has 2 atom stereocenters. The molecule has 2 unspecified atom stereocenters. The Labute approximate surface area is 172 Å². The first kappa shape index (κ1) is 21.5. The lowest BCUT2D eigenvalue weighted by molar-refractivity contribution is -0.136. The third-order valence-corrected chi connectivity index (χ3v) is 5.41. The van der Waals surface area contributed by atoms with Gasteiger partial charge in [0.2, 0.25) is 5.91 Å². The molecule has 1 aliphatic rings. The molecule has 1 saturated heterocycles. The van der Waals surface area contributed by atoms with Gasteiger partial charge < -0.3 is 14.1 Å². The molecule has 2 heterocycles. The fourth-order valence-electron chi connectivity index (χ4n) is 4.23. The van der Waals surface area contributed by atoms with Crippen LogP contribution in [0.3, 0.4) is 0 Å². The van der Waals surface area contributed by atoms with Gasteiger partial charge in [0, 0.05) is 39.2 Å². The molecule has 0 N–H and O–H groups in total. The Morgan fingerprint density at radius 2 is 2.14 bits per heavy atom. The molecule has 0 bridgehead atoms. The number of likely N-dealkylation sites (tertiary alicyclic amines) is 1. The van der Waals surface area contributed by atoms with E-state index in [0.717, 1.165) is 24.4 Å². The predicted molar refractivity (Wildman–Crippen MR) is 110 cm³/mol. The first-order chi connectivity index (χ1) is 14.0. The maximum absolute atomic E-state index is 13.9. The van der Waals surface area contributed by atoms with E-state index in [4.69, 9.17) is 9.15 Å². The highest BCUT2D eigenvalue weighted by molar-refractivity contribution is 5.77. The first-order valence-corrected chi connectivity index (χ1v) is 10.2.